The lowest BCUT2D eigenvalue weighted by Crippen LogP contribution is -2.71. The van der Waals surface area contributed by atoms with Gasteiger partial charge in [0.2, 0.25) is 5.91 Å². The van der Waals surface area contributed by atoms with Crippen LogP contribution >= 0.6 is 0 Å². The quantitative estimate of drug-likeness (QED) is 0.322. The Morgan fingerprint density at radius 3 is 2.38 bits per heavy atom. The van der Waals surface area contributed by atoms with E-state index in [-0.39, 0.29) is 58.1 Å². The van der Waals surface area contributed by atoms with E-state index in [1.165, 1.54) is 12.0 Å². The molecular formula is C34H51NO5. The van der Waals surface area contributed by atoms with Crippen molar-refractivity contribution in [2.24, 2.45) is 56.7 Å². The Kier molecular flexibility index (Phi) is 6.41. The molecule has 1 N–H and O–H groups in total. The molecule has 0 aromatic heterocycles. The number of carbonyl (C=O) groups is 3. The molecule has 0 bridgehead atoms. The molecule has 0 radical (unpaired) electrons. The van der Waals surface area contributed by atoms with E-state index in [0.717, 1.165) is 57.8 Å². The summed E-state index contributed by atoms with van der Waals surface area (Å²) in [6.07, 6.45) is 10.6. The van der Waals surface area contributed by atoms with Crippen molar-refractivity contribution in [3.05, 3.63) is 12.2 Å². The van der Waals surface area contributed by atoms with E-state index in [4.69, 9.17) is 9.47 Å². The second-order valence-corrected chi connectivity index (χ2v) is 15.5. The highest BCUT2D eigenvalue weighted by atomic mass is 16.6. The van der Waals surface area contributed by atoms with Gasteiger partial charge in [-0.3, -0.25) is 14.4 Å². The summed E-state index contributed by atoms with van der Waals surface area (Å²) in [6, 6.07) is 0. The lowest BCUT2D eigenvalue weighted by Gasteiger charge is -2.73. The maximum atomic E-state index is 14.0. The third-order valence-corrected chi connectivity index (χ3v) is 14.5. The third kappa shape index (κ3) is 3.37. The zero-order valence-corrected chi connectivity index (χ0v) is 25.7. The summed E-state index contributed by atoms with van der Waals surface area (Å²) in [4.78, 5) is 39.0. The molecular weight excluding hydrogens is 502 g/mol. The molecule has 0 unspecified atom stereocenters. The summed E-state index contributed by atoms with van der Waals surface area (Å²) in [5, 5.41) is 3.01. The van der Waals surface area contributed by atoms with Crippen LogP contribution in [0.3, 0.4) is 0 Å². The molecule has 0 spiro atoms. The minimum absolute atomic E-state index is 0.0310. The first-order valence-corrected chi connectivity index (χ1v) is 16.1. The van der Waals surface area contributed by atoms with Gasteiger partial charge in [0.15, 0.2) is 0 Å². The van der Waals surface area contributed by atoms with Gasteiger partial charge in [-0.25, -0.2) is 0 Å². The van der Waals surface area contributed by atoms with Crippen molar-refractivity contribution in [3.63, 3.8) is 0 Å². The Hall–Kier alpha value is -1.85. The summed E-state index contributed by atoms with van der Waals surface area (Å²) in [5.41, 5.74) is 0.865. The van der Waals surface area contributed by atoms with Crippen LogP contribution in [-0.4, -0.2) is 37.1 Å². The average Bonchev–Trinajstić information content (AvgIpc) is 3.31. The molecule has 1 heterocycles. The van der Waals surface area contributed by atoms with Crippen LogP contribution in [0.15, 0.2) is 12.2 Å². The lowest BCUT2D eigenvalue weighted by atomic mass is 9.32. The van der Waals surface area contributed by atoms with Gasteiger partial charge in [-0.1, -0.05) is 32.9 Å². The predicted octanol–water partition coefficient (Wildman–Crippen LogP) is 6.23. The highest BCUT2D eigenvalue weighted by molar-refractivity contribution is 5.87. The number of carbonyl (C=O) groups excluding carboxylic acids is 3. The van der Waals surface area contributed by atoms with Gasteiger partial charge in [-0.2, -0.15) is 0 Å². The molecule has 1 saturated heterocycles. The zero-order valence-electron chi connectivity index (χ0n) is 25.7. The van der Waals surface area contributed by atoms with Gasteiger partial charge in [0.05, 0.1) is 12.0 Å². The van der Waals surface area contributed by atoms with Crippen molar-refractivity contribution in [2.45, 2.75) is 112 Å². The highest BCUT2D eigenvalue weighted by Gasteiger charge is 2.74. The summed E-state index contributed by atoms with van der Waals surface area (Å²) < 4.78 is 10.8. The normalized spacial score (nSPS) is 50.5. The van der Waals surface area contributed by atoms with Crippen molar-refractivity contribution in [1.29, 1.82) is 0 Å². The second kappa shape index (κ2) is 9.07. The zero-order chi connectivity index (χ0) is 28.9. The molecule has 1 amide bonds. The Bertz CT molecular complexity index is 1130. The Morgan fingerprint density at radius 2 is 1.70 bits per heavy atom. The van der Waals surface area contributed by atoms with Crippen molar-refractivity contribution in [1.82, 2.24) is 5.32 Å². The molecule has 6 heteroatoms. The SMILES string of the molecule is C=C(C)[C@@H]1CC[C@]2(C(=O)NCC(=O)OCC)CC[C@]3(C)[C@H](CC[C@@H]4[C@@]5(C)CC[C@H]6OC(=O)[C@@]6(C)[C@@H]5CC[C@]43C)[C@@H]12. The largest absolute Gasteiger partial charge is 0.465 e. The molecule has 0 aromatic carbocycles. The Labute approximate surface area is 240 Å². The molecule has 6 aliphatic rings. The maximum absolute atomic E-state index is 14.0. The van der Waals surface area contributed by atoms with Crippen LogP contribution in [0.1, 0.15) is 106 Å². The van der Waals surface area contributed by atoms with Crippen LogP contribution in [0.4, 0.5) is 0 Å². The van der Waals surface area contributed by atoms with Crippen molar-refractivity contribution >= 4 is 17.8 Å². The molecule has 40 heavy (non-hydrogen) atoms. The van der Waals surface area contributed by atoms with Crippen molar-refractivity contribution in [2.75, 3.05) is 13.2 Å². The van der Waals surface area contributed by atoms with Gasteiger partial charge in [0.1, 0.15) is 18.1 Å². The van der Waals surface area contributed by atoms with Crippen molar-refractivity contribution < 1.29 is 23.9 Å². The summed E-state index contributed by atoms with van der Waals surface area (Å²) in [7, 11) is 0. The third-order valence-electron chi connectivity index (χ3n) is 14.5. The molecule has 5 saturated carbocycles. The molecule has 5 aliphatic carbocycles. The summed E-state index contributed by atoms with van der Waals surface area (Å²) in [5.74, 6) is 1.72. The maximum Gasteiger partial charge on any atom is 0.325 e. The molecule has 6 rings (SSSR count). The van der Waals surface area contributed by atoms with Gasteiger partial charge in [0.25, 0.3) is 0 Å². The van der Waals surface area contributed by atoms with Crippen molar-refractivity contribution in [3.8, 4) is 0 Å². The van der Waals surface area contributed by atoms with E-state index in [0.29, 0.717) is 30.3 Å². The van der Waals surface area contributed by atoms with Crippen LogP contribution in [0.2, 0.25) is 0 Å². The van der Waals surface area contributed by atoms with E-state index in [9.17, 15) is 14.4 Å². The number of hydrogen-bond donors (Lipinski definition) is 1. The number of rotatable bonds is 5. The summed E-state index contributed by atoms with van der Waals surface area (Å²) >= 11 is 0. The number of allylic oxidation sites excluding steroid dienone is 1. The first-order valence-electron chi connectivity index (χ1n) is 16.1. The first kappa shape index (κ1) is 28.3. The number of ether oxygens (including phenoxy) is 2. The molecule has 6 nitrogen and oxygen atoms in total. The van der Waals surface area contributed by atoms with Crippen LogP contribution in [0.5, 0.6) is 0 Å². The van der Waals surface area contributed by atoms with Crippen LogP contribution < -0.4 is 5.32 Å². The number of amides is 1. The van der Waals surface area contributed by atoms with E-state index < -0.39 is 5.41 Å². The fourth-order valence-electron chi connectivity index (χ4n) is 12.4. The standard InChI is InChI=1S/C34H51NO5/c1-8-39-26(36)19-35-28(37)34-16-11-21(20(2)3)27(34)22-9-10-23-30(4)14-13-25-33(7,29(38)40-25)24(30)12-15-32(23,6)31(22,5)17-18-34/h21-25,27H,2,8-19H2,1,3-7H3,(H,35,37)/t21-,22+,23+,24+,25+,27+,30+,31+,32+,33-,34-/m0/s1. The smallest absolute Gasteiger partial charge is 0.325 e. The van der Waals surface area contributed by atoms with Gasteiger partial charge in [-0.05, 0) is 131 Å². The average molecular weight is 554 g/mol. The van der Waals surface area contributed by atoms with Gasteiger partial charge in [-0.15, -0.1) is 0 Å². The van der Waals surface area contributed by atoms with Crippen LogP contribution in [-0.2, 0) is 23.9 Å². The molecule has 6 fully saturated rings. The minimum Gasteiger partial charge on any atom is -0.465 e. The van der Waals surface area contributed by atoms with Crippen LogP contribution in [0, 0.1) is 56.7 Å². The second-order valence-electron chi connectivity index (χ2n) is 15.5. The van der Waals surface area contributed by atoms with Gasteiger partial charge >= 0.3 is 11.9 Å². The Morgan fingerprint density at radius 1 is 0.950 bits per heavy atom. The number of esters is 2. The topological polar surface area (TPSA) is 81.7 Å². The van der Waals surface area contributed by atoms with E-state index in [1.54, 1.807) is 6.92 Å². The minimum atomic E-state index is -0.439. The predicted molar refractivity (Wildman–Crippen MR) is 153 cm³/mol. The van der Waals surface area contributed by atoms with E-state index in [2.05, 4.69) is 46.5 Å². The molecule has 0 aromatic rings. The monoisotopic (exact) mass is 553 g/mol. The molecule has 222 valence electrons. The Balaban J connectivity index is 1.33. The lowest BCUT2D eigenvalue weighted by molar-refractivity contribution is -0.279. The first-order chi connectivity index (χ1) is 18.8. The van der Waals surface area contributed by atoms with Gasteiger partial charge < -0.3 is 14.8 Å². The fourth-order valence-corrected chi connectivity index (χ4v) is 12.4. The number of hydrogen-bond acceptors (Lipinski definition) is 5. The number of fused-ring (bicyclic) bond motifs is 9. The van der Waals surface area contributed by atoms with Crippen LogP contribution in [0.25, 0.3) is 0 Å². The fraction of sp³-hybridized carbons (Fsp3) is 0.853. The summed E-state index contributed by atoms with van der Waals surface area (Å²) in [6.45, 7) is 18.5. The highest BCUT2D eigenvalue weighted by Crippen LogP contribution is 2.78. The molecule has 11 atom stereocenters. The van der Waals surface area contributed by atoms with E-state index in [1.807, 2.05) is 0 Å². The molecule has 1 aliphatic heterocycles. The van der Waals surface area contributed by atoms with Gasteiger partial charge in [0, 0.05) is 0 Å². The van der Waals surface area contributed by atoms with E-state index >= 15 is 0 Å². The number of nitrogens with one attached hydrogen (secondary N) is 1.